The van der Waals surface area contributed by atoms with E-state index in [1.807, 2.05) is 79.8 Å². The normalized spacial score (nSPS) is 18.9. The van der Waals surface area contributed by atoms with Crippen molar-refractivity contribution in [1.82, 2.24) is 4.90 Å². The van der Waals surface area contributed by atoms with Crippen molar-refractivity contribution >= 4 is 17.6 Å². The number of carbonyl (C=O) groups excluding carboxylic acids is 1. The molecule has 1 aliphatic rings. The van der Waals surface area contributed by atoms with Crippen LogP contribution in [0.5, 0.6) is 11.5 Å². The molecular formula is C25H24ClNO3. The molecule has 0 spiro atoms. The third-order valence-electron chi connectivity index (χ3n) is 5.38. The van der Waals surface area contributed by atoms with Gasteiger partial charge in [-0.1, -0.05) is 60.1 Å². The van der Waals surface area contributed by atoms with E-state index in [1.54, 1.807) is 0 Å². The second-order valence-corrected chi connectivity index (χ2v) is 8.04. The average Bonchev–Trinajstić information content (AvgIpc) is 2.86. The van der Waals surface area contributed by atoms with Gasteiger partial charge in [0.15, 0.2) is 5.60 Å². The fraction of sp³-hybridized carbons (Fsp3) is 0.240. The SMILES string of the molecule is CC(=O)O[C@]1(c2ccccc2)CN(C)CCc2cc(Cl)c(Oc3ccccc3)cc21. The first kappa shape index (κ1) is 20.5. The van der Waals surface area contributed by atoms with E-state index in [2.05, 4.69) is 4.90 Å². The van der Waals surface area contributed by atoms with E-state index in [1.165, 1.54) is 6.92 Å². The van der Waals surface area contributed by atoms with Crippen LogP contribution in [0, 0.1) is 0 Å². The van der Waals surface area contributed by atoms with E-state index >= 15 is 0 Å². The standard InChI is InChI=1S/C25H24ClNO3/c1-18(28)30-25(20-9-5-3-6-10-20)17-27(2)14-13-19-15-23(26)24(16-22(19)25)29-21-11-7-4-8-12-21/h3-12,15-16H,13-14,17H2,1-2H3/t25-/m0/s1. The number of para-hydroxylation sites is 1. The Balaban J connectivity index is 1.91. The molecule has 4 nitrogen and oxygen atoms in total. The first-order chi connectivity index (χ1) is 14.5. The number of fused-ring (bicyclic) bond motifs is 1. The molecule has 3 aromatic rings. The number of rotatable bonds is 4. The fourth-order valence-corrected chi connectivity index (χ4v) is 4.30. The van der Waals surface area contributed by atoms with Gasteiger partial charge in [0.1, 0.15) is 11.5 Å². The molecule has 0 aliphatic carbocycles. The lowest BCUT2D eigenvalue weighted by Gasteiger charge is -2.36. The number of ether oxygens (including phenoxy) is 2. The molecule has 0 N–H and O–H groups in total. The van der Waals surface area contributed by atoms with E-state index < -0.39 is 5.60 Å². The van der Waals surface area contributed by atoms with Crippen molar-refractivity contribution in [1.29, 1.82) is 0 Å². The van der Waals surface area contributed by atoms with Crippen LogP contribution in [0.3, 0.4) is 0 Å². The molecule has 0 aromatic heterocycles. The van der Waals surface area contributed by atoms with Crippen molar-refractivity contribution in [2.24, 2.45) is 0 Å². The third-order valence-corrected chi connectivity index (χ3v) is 5.67. The molecule has 4 rings (SSSR count). The Hall–Kier alpha value is -2.82. The number of likely N-dealkylation sites (N-methyl/N-ethyl adjacent to an activating group) is 1. The number of esters is 1. The van der Waals surface area contributed by atoms with Gasteiger partial charge in [-0.15, -0.1) is 0 Å². The molecular weight excluding hydrogens is 398 g/mol. The average molecular weight is 422 g/mol. The third kappa shape index (κ3) is 4.07. The number of hydrogen-bond donors (Lipinski definition) is 0. The highest BCUT2D eigenvalue weighted by Crippen LogP contribution is 2.43. The number of halogens is 1. The minimum absolute atomic E-state index is 0.333. The van der Waals surface area contributed by atoms with Gasteiger partial charge >= 0.3 is 5.97 Å². The molecule has 1 aliphatic heterocycles. The molecule has 1 atom stereocenters. The van der Waals surface area contributed by atoms with Crippen LogP contribution in [0.1, 0.15) is 23.6 Å². The molecule has 0 amide bonds. The predicted octanol–water partition coefficient (Wildman–Crippen LogP) is 5.43. The van der Waals surface area contributed by atoms with E-state index in [9.17, 15) is 4.79 Å². The number of carbonyl (C=O) groups is 1. The monoisotopic (exact) mass is 421 g/mol. The van der Waals surface area contributed by atoms with E-state index in [-0.39, 0.29) is 5.97 Å². The summed E-state index contributed by atoms with van der Waals surface area (Å²) in [7, 11) is 2.04. The van der Waals surface area contributed by atoms with Gasteiger partial charge in [0.25, 0.3) is 0 Å². The van der Waals surface area contributed by atoms with E-state index in [0.717, 1.165) is 29.7 Å². The Labute approximate surface area is 182 Å². The first-order valence-electron chi connectivity index (χ1n) is 9.97. The minimum atomic E-state index is -0.951. The molecule has 154 valence electrons. The van der Waals surface area contributed by atoms with Crippen molar-refractivity contribution < 1.29 is 14.3 Å². The summed E-state index contributed by atoms with van der Waals surface area (Å²) in [6.07, 6.45) is 0.799. The molecule has 0 unspecified atom stereocenters. The quantitative estimate of drug-likeness (QED) is 0.527. The van der Waals surface area contributed by atoms with Crippen LogP contribution in [0.15, 0.2) is 72.8 Å². The van der Waals surface area contributed by atoms with Crippen LogP contribution in [0.25, 0.3) is 0 Å². The Morgan fingerprint density at radius 1 is 1.03 bits per heavy atom. The summed E-state index contributed by atoms with van der Waals surface area (Å²) < 4.78 is 12.2. The summed E-state index contributed by atoms with van der Waals surface area (Å²) in [5.41, 5.74) is 1.93. The maximum Gasteiger partial charge on any atom is 0.303 e. The van der Waals surface area contributed by atoms with Gasteiger partial charge in [-0.05, 0) is 43.3 Å². The Bertz CT molecular complexity index is 1040. The zero-order valence-corrected chi connectivity index (χ0v) is 17.9. The largest absolute Gasteiger partial charge is 0.456 e. The molecule has 3 aromatic carbocycles. The first-order valence-corrected chi connectivity index (χ1v) is 10.4. The lowest BCUT2D eigenvalue weighted by molar-refractivity contribution is -0.155. The summed E-state index contributed by atoms with van der Waals surface area (Å²) in [6.45, 7) is 2.82. The van der Waals surface area contributed by atoms with Crippen molar-refractivity contribution in [3.8, 4) is 11.5 Å². The Morgan fingerprint density at radius 2 is 1.70 bits per heavy atom. The highest BCUT2D eigenvalue weighted by Gasteiger charge is 2.42. The number of hydrogen-bond acceptors (Lipinski definition) is 4. The number of nitrogens with zero attached hydrogens (tertiary/aromatic N) is 1. The van der Waals surface area contributed by atoms with Gasteiger partial charge in [0, 0.05) is 31.1 Å². The van der Waals surface area contributed by atoms with Gasteiger partial charge in [-0.3, -0.25) is 4.79 Å². The molecule has 0 bridgehead atoms. The van der Waals surface area contributed by atoms with Crippen molar-refractivity contribution in [2.45, 2.75) is 18.9 Å². The van der Waals surface area contributed by atoms with E-state index in [4.69, 9.17) is 21.1 Å². The van der Waals surface area contributed by atoms with E-state index in [0.29, 0.717) is 23.1 Å². The summed E-state index contributed by atoms with van der Waals surface area (Å²) in [4.78, 5) is 14.4. The molecule has 1 heterocycles. The lowest BCUT2D eigenvalue weighted by Crippen LogP contribution is -2.42. The zero-order chi connectivity index (χ0) is 21.1. The maximum atomic E-state index is 12.3. The van der Waals surface area contributed by atoms with Crippen molar-refractivity contribution in [2.75, 3.05) is 20.1 Å². The summed E-state index contributed by atoms with van der Waals surface area (Å²) in [6, 6.07) is 23.3. The van der Waals surface area contributed by atoms with Crippen LogP contribution in [0.4, 0.5) is 0 Å². The van der Waals surface area contributed by atoms with Crippen molar-refractivity contribution in [3.05, 3.63) is 94.5 Å². The van der Waals surface area contributed by atoms with Gasteiger partial charge in [0.05, 0.1) is 5.02 Å². The molecule has 0 saturated carbocycles. The van der Waals surface area contributed by atoms with Crippen LogP contribution in [-0.2, 0) is 21.6 Å². The van der Waals surface area contributed by atoms with Crippen LogP contribution in [-0.4, -0.2) is 31.0 Å². The lowest BCUT2D eigenvalue weighted by atomic mass is 9.83. The van der Waals surface area contributed by atoms with Gasteiger partial charge < -0.3 is 14.4 Å². The molecule has 0 radical (unpaired) electrons. The smallest absolute Gasteiger partial charge is 0.303 e. The second-order valence-electron chi connectivity index (χ2n) is 7.63. The summed E-state index contributed by atoms with van der Waals surface area (Å²) >= 11 is 6.60. The molecule has 5 heteroatoms. The second kappa shape index (κ2) is 8.50. The van der Waals surface area contributed by atoms with Crippen LogP contribution in [0.2, 0.25) is 5.02 Å². The summed E-state index contributed by atoms with van der Waals surface area (Å²) in [5.74, 6) is 0.905. The van der Waals surface area contributed by atoms with Crippen LogP contribution < -0.4 is 4.74 Å². The molecule has 0 fully saturated rings. The summed E-state index contributed by atoms with van der Waals surface area (Å²) in [5, 5.41) is 0.534. The van der Waals surface area contributed by atoms with Crippen molar-refractivity contribution in [3.63, 3.8) is 0 Å². The minimum Gasteiger partial charge on any atom is -0.456 e. The Kier molecular flexibility index (Phi) is 5.80. The molecule has 0 saturated heterocycles. The highest BCUT2D eigenvalue weighted by atomic mass is 35.5. The molecule has 30 heavy (non-hydrogen) atoms. The predicted molar refractivity (Wildman–Crippen MR) is 118 cm³/mol. The maximum absolute atomic E-state index is 12.3. The Morgan fingerprint density at radius 3 is 2.37 bits per heavy atom. The van der Waals surface area contributed by atoms with Gasteiger partial charge in [0.2, 0.25) is 0 Å². The topological polar surface area (TPSA) is 38.8 Å². The fourth-order valence-electron chi connectivity index (χ4n) is 4.07. The van der Waals surface area contributed by atoms with Gasteiger partial charge in [-0.2, -0.15) is 0 Å². The van der Waals surface area contributed by atoms with Crippen LogP contribution >= 0.6 is 11.6 Å². The zero-order valence-electron chi connectivity index (χ0n) is 17.1. The number of benzene rings is 3. The highest BCUT2D eigenvalue weighted by molar-refractivity contribution is 6.32. The van der Waals surface area contributed by atoms with Gasteiger partial charge in [-0.25, -0.2) is 0 Å².